The third-order valence-electron chi connectivity index (χ3n) is 2.90. The van der Waals surface area contributed by atoms with E-state index in [1.807, 2.05) is 43.1 Å². The van der Waals surface area contributed by atoms with Crippen molar-refractivity contribution in [1.29, 1.82) is 0 Å². The van der Waals surface area contributed by atoms with Crippen LogP contribution in [0.15, 0.2) is 35.1 Å². The van der Waals surface area contributed by atoms with Gasteiger partial charge in [-0.25, -0.2) is 4.98 Å². The molecule has 5 nitrogen and oxygen atoms in total. The minimum atomic E-state index is -0.119. The summed E-state index contributed by atoms with van der Waals surface area (Å²) in [6, 6.07) is 9.19. The van der Waals surface area contributed by atoms with Crippen LogP contribution in [0.25, 0.3) is 0 Å². The molecule has 0 fully saturated rings. The summed E-state index contributed by atoms with van der Waals surface area (Å²) in [6.45, 7) is 2.64. The average molecular weight is 258 g/mol. The molecule has 19 heavy (non-hydrogen) atoms. The molecule has 0 atom stereocenters. The number of aromatic amines is 1. The van der Waals surface area contributed by atoms with Crippen LogP contribution < -0.4 is 16.2 Å². The minimum absolute atomic E-state index is 0.119. The molecule has 1 aromatic heterocycles. The molecule has 0 saturated carbocycles. The van der Waals surface area contributed by atoms with Crippen LogP contribution in [-0.2, 0) is 13.0 Å². The molecule has 0 aliphatic rings. The van der Waals surface area contributed by atoms with E-state index in [4.69, 9.17) is 5.73 Å². The van der Waals surface area contributed by atoms with Gasteiger partial charge in [0.15, 0.2) is 0 Å². The summed E-state index contributed by atoms with van der Waals surface area (Å²) >= 11 is 0. The number of nitrogens with zero attached hydrogens (tertiary/aromatic N) is 2. The largest absolute Gasteiger partial charge is 0.399 e. The van der Waals surface area contributed by atoms with Crippen LogP contribution in [0, 0.1) is 0 Å². The number of nitrogens with one attached hydrogen (secondary N) is 1. The molecule has 2 aromatic rings. The minimum Gasteiger partial charge on any atom is -0.399 e. The number of rotatable bonds is 4. The van der Waals surface area contributed by atoms with Gasteiger partial charge in [-0.2, -0.15) is 0 Å². The van der Waals surface area contributed by atoms with Crippen LogP contribution in [0.1, 0.15) is 18.3 Å². The maximum absolute atomic E-state index is 11.5. The van der Waals surface area contributed by atoms with Crippen LogP contribution in [-0.4, -0.2) is 17.0 Å². The third-order valence-corrected chi connectivity index (χ3v) is 2.90. The number of benzene rings is 1. The normalized spacial score (nSPS) is 10.4. The monoisotopic (exact) mass is 258 g/mol. The van der Waals surface area contributed by atoms with Crippen LogP contribution in [0.4, 0.5) is 11.5 Å². The van der Waals surface area contributed by atoms with E-state index in [0.717, 1.165) is 11.3 Å². The lowest BCUT2D eigenvalue weighted by Crippen LogP contribution is -2.22. The summed E-state index contributed by atoms with van der Waals surface area (Å²) in [6.07, 6.45) is 0.707. The Morgan fingerprint density at radius 3 is 2.63 bits per heavy atom. The Bertz CT molecular complexity index is 604. The second-order valence-corrected chi connectivity index (χ2v) is 4.50. The maximum atomic E-state index is 11.5. The van der Waals surface area contributed by atoms with Crippen LogP contribution in [0.3, 0.4) is 0 Å². The molecule has 0 amide bonds. The lowest BCUT2D eigenvalue weighted by atomic mass is 10.2. The van der Waals surface area contributed by atoms with E-state index >= 15 is 0 Å². The smallest absolute Gasteiger partial charge is 0.252 e. The summed E-state index contributed by atoms with van der Waals surface area (Å²) in [5.74, 6) is 1.38. The van der Waals surface area contributed by atoms with Crippen molar-refractivity contribution in [2.24, 2.45) is 0 Å². The third kappa shape index (κ3) is 3.34. The van der Waals surface area contributed by atoms with Crippen molar-refractivity contribution in [2.45, 2.75) is 19.9 Å². The van der Waals surface area contributed by atoms with Crippen molar-refractivity contribution >= 4 is 11.5 Å². The number of nitrogens with two attached hydrogens (primary N) is 1. The Morgan fingerprint density at radius 2 is 2.00 bits per heavy atom. The van der Waals surface area contributed by atoms with Gasteiger partial charge in [0.25, 0.3) is 5.56 Å². The Morgan fingerprint density at radius 1 is 1.32 bits per heavy atom. The van der Waals surface area contributed by atoms with Crippen molar-refractivity contribution in [3.8, 4) is 0 Å². The molecule has 1 aromatic carbocycles. The van der Waals surface area contributed by atoms with Gasteiger partial charge in [0, 0.05) is 31.8 Å². The van der Waals surface area contributed by atoms with Crippen molar-refractivity contribution < 1.29 is 0 Å². The van der Waals surface area contributed by atoms with Gasteiger partial charge in [-0.05, 0) is 17.7 Å². The first kappa shape index (κ1) is 13.1. The molecule has 0 radical (unpaired) electrons. The fourth-order valence-electron chi connectivity index (χ4n) is 1.83. The molecular weight excluding hydrogens is 240 g/mol. The topological polar surface area (TPSA) is 75.0 Å². The van der Waals surface area contributed by atoms with Crippen LogP contribution in [0.5, 0.6) is 0 Å². The molecule has 0 unspecified atom stereocenters. The van der Waals surface area contributed by atoms with Crippen molar-refractivity contribution in [1.82, 2.24) is 9.97 Å². The van der Waals surface area contributed by atoms with Crippen LogP contribution >= 0.6 is 0 Å². The van der Waals surface area contributed by atoms with Gasteiger partial charge in [-0.15, -0.1) is 0 Å². The van der Waals surface area contributed by atoms with Crippen molar-refractivity contribution in [3.63, 3.8) is 0 Å². The number of H-pyrrole nitrogens is 1. The van der Waals surface area contributed by atoms with Gasteiger partial charge < -0.3 is 15.6 Å². The maximum Gasteiger partial charge on any atom is 0.252 e. The average Bonchev–Trinajstić information content (AvgIpc) is 2.40. The van der Waals surface area contributed by atoms with Crippen LogP contribution in [0.2, 0.25) is 0 Å². The molecule has 100 valence electrons. The number of anilines is 2. The van der Waals surface area contributed by atoms with Gasteiger partial charge in [0.05, 0.1) is 0 Å². The van der Waals surface area contributed by atoms with Crippen molar-refractivity contribution in [3.05, 3.63) is 52.1 Å². The quantitative estimate of drug-likeness (QED) is 0.816. The van der Waals surface area contributed by atoms with E-state index < -0.39 is 0 Å². The lowest BCUT2D eigenvalue weighted by molar-refractivity contribution is 0.850. The zero-order valence-electron chi connectivity index (χ0n) is 11.2. The standard InChI is InChI=1S/C14H18N4O/c1-3-12-16-13(8-14(19)17-12)18(2)9-10-4-6-11(15)7-5-10/h4-8H,3,9,15H2,1-2H3,(H,16,17,19). The second kappa shape index (κ2) is 5.56. The molecule has 0 saturated heterocycles. The molecule has 5 heteroatoms. The summed E-state index contributed by atoms with van der Waals surface area (Å²) in [7, 11) is 1.91. The molecule has 0 spiro atoms. The molecule has 2 rings (SSSR count). The number of aromatic nitrogens is 2. The second-order valence-electron chi connectivity index (χ2n) is 4.50. The summed E-state index contributed by atoms with van der Waals surface area (Å²) < 4.78 is 0. The Labute approximate surface area is 112 Å². The summed E-state index contributed by atoms with van der Waals surface area (Å²) in [5, 5.41) is 0. The lowest BCUT2D eigenvalue weighted by Gasteiger charge is -2.18. The number of nitrogen functional groups attached to an aromatic ring is 1. The molecule has 0 bridgehead atoms. The first-order chi connectivity index (χ1) is 9.08. The SMILES string of the molecule is CCc1nc(N(C)Cc2ccc(N)cc2)cc(=O)[nH]1. The molecule has 0 aliphatic carbocycles. The molecular formula is C14H18N4O. The number of hydrogen-bond acceptors (Lipinski definition) is 4. The highest BCUT2D eigenvalue weighted by Gasteiger charge is 2.06. The fraction of sp³-hybridized carbons (Fsp3) is 0.286. The predicted molar refractivity (Wildman–Crippen MR) is 77.2 cm³/mol. The first-order valence-corrected chi connectivity index (χ1v) is 6.24. The van der Waals surface area contributed by atoms with E-state index in [1.165, 1.54) is 6.07 Å². The van der Waals surface area contributed by atoms with E-state index in [0.29, 0.717) is 24.6 Å². The van der Waals surface area contributed by atoms with E-state index in [1.54, 1.807) is 0 Å². The van der Waals surface area contributed by atoms with Crippen molar-refractivity contribution in [2.75, 3.05) is 17.7 Å². The molecule has 1 heterocycles. The Hall–Kier alpha value is -2.30. The first-order valence-electron chi connectivity index (χ1n) is 6.24. The zero-order chi connectivity index (χ0) is 13.8. The van der Waals surface area contributed by atoms with Gasteiger partial charge in [0.2, 0.25) is 0 Å². The van der Waals surface area contributed by atoms with Gasteiger partial charge in [-0.1, -0.05) is 19.1 Å². The summed E-state index contributed by atoms with van der Waals surface area (Å²) in [4.78, 5) is 20.6. The van der Waals surface area contributed by atoms with E-state index in [-0.39, 0.29) is 5.56 Å². The fourth-order valence-corrected chi connectivity index (χ4v) is 1.83. The molecule has 3 N–H and O–H groups in total. The Balaban J connectivity index is 2.19. The Kier molecular flexibility index (Phi) is 3.85. The van der Waals surface area contributed by atoms with E-state index in [9.17, 15) is 4.79 Å². The van der Waals surface area contributed by atoms with Gasteiger partial charge in [0.1, 0.15) is 11.6 Å². The predicted octanol–water partition coefficient (Wildman–Crippen LogP) is 1.55. The van der Waals surface area contributed by atoms with Gasteiger partial charge >= 0.3 is 0 Å². The molecule has 0 aliphatic heterocycles. The zero-order valence-corrected chi connectivity index (χ0v) is 11.2. The van der Waals surface area contributed by atoms with E-state index in [2.05, 4.69) is 9.97 Å². The highest BCUT2D eigenvalue weighted by atomic mass is 16.1. The summed E-state index contributed by atoms with van der Waals surface area (Å²) in [5.41, 5.74) is 7.40. The highest BCUT2D eigenvalue weighted by Crippen LogP contribution is 2.12. The number of aryl methyl sites for hydroxylation is 1. The highest BCUT2D eigenvalue weighted by molar-refractivity contribution is 5.42. The van der Waals surface area contributed by atoms with Gasteiger partial charge in [-0.3, -0.25) is 4.79 Å². The number of hydrogen-bond donors (Lipinski definition) is 2.